The van der Waals surface area contributed by atoms with Crippen molar-refractivity contribution in [3.8, 4) is 0 Å². The Bertz CT molecular complexity index is 458. The third kappa shape index (κ3) is 2.57. The van der Waals surface area contributed by atoms with Gasteiger partial charge in [0.05, 0.1) is 0 Å². The lowest BCUT2D eigenvalue weighted by atomic mass is 9.99. The van der Waals surface area contributed by atoms with Crippen molar-refractivity contribution in [2.75, 3.05) is 0 Å². The molecular weight excluding hydrogens is 220 g/mol. The summed E-state index contributed by atoms with van der Waals surface area (Å²) in [4.78, 5) is 11.3. The lowest BCUT2D eigenvalue weighted by Crippen LogP contribution is -2.32. The SMILES string of the molecule is CC1=CCCC(C2=COC=C(C(=O)NN)O2)=C1. The van der Waals surface area contributed by atoms with Gasteiger partial charge in [-0.3, -0.25) is 10.2 Å². The average molecular weight is 234 g/mol. The van der Waals surface area contributed by atoms with Crippen LogP contribution < -0.4 is 11.3 Å². The van der Waals surface area contributed by atoms with Crippen LogP contribution in [-0.4, -0.2) is 5.91 Å². The molecule has 0 aromatic heterocycles. The molecule has 1 heterocycles. The van der Waals surface area contributed by atoms with E-state index in [-0.39, 0.29) is 5.76 Å². The smallest absolute Gasteiger partial charge is 0.304 e. The van der Waals surface area contributed by atoms with Crippen molar-refractivity contribution in [3.63, 3.8) is 0 Å². The van der Waals surface area contributed by atoms with Crippen molar-refractivity contribution in [3.05, 3.63) is 47.3 Å². The van der Waals surface area contributed by atoms with Crippen molar-refractivity contribution in [1.82, 2.24) is 5.43 Å². The second-order valence-electron chi connectivity index (χ2n) is 3.83. The predicted molar refractivity (Wildman–Crippen MR) is 61.7 cm³/mol. The largest absolute Gasteiger partial charge is 0.465 e. The van der Waals surface area contributed by atoms with Gasteiger partial charge >= 0.3 is 5.91 Å². The highest BCUT2D eigenvalue weighted by atomic mass is 16.5. The monoisotopic (exact) mass is 234 g/mol. The van der Waals surface area contributed by atoms with Crippen molar-refractivity contribution < 1.29 is 14.3 Å². The zero-order valence-electron chi connectivity index (χ0n) is 9.53. The first-order valence-corrected chi connectivity index (χ1v) is 5.33. The van der Waals surface area contributed by atoms with Crippen LogP contribution in [0.25, 0.3) is 0 Å². The molecule has 0 aromatic rings. The number of hydrazine groups is 1. The van der Waals surface area contributed by atoms with E-state index in [1.165, 1.54) is 18.1 Å². The Labute approximate surface area is 99.2 Å². The van der Waals surface area contributed by atoms with E-state index >= 15 is 0 Å². The Kier molecular flexibility index (Phi) is 3.30. The van der Waals surface area contributed by atoms with Crippen LogP contribution in [0.15, 0.2) is 47.3 Å². The molecule has 0 aromatic carbocycles. The zero-order chi connectivity index (χ0) is 12.3. The van der Waals surface area contributed by atoms with E-state index in [1.54, 1.807) is 0 Å². The molecule has 0 atom stereocenters. The first-order chi connectivity index (χ1) is 8.20. The Morgan fingerprint density at radius 2 is 2.29 bits per heavy atom. The summed E-state index contributed by atoms with van der Waals surface area (Å²) < 4.78 is 10.5. The quantitative estimate of drug-likeness (QED) is 0.430. The Morgan fingerprint density at radius 1 is 1.47 bits per heavy atom. The fourth-order valence-corrected chi connectivity index (χ4v) is 1.69. The van der Waals surface area contributed by atoms with E-state index in [0.29, 0.717) is 5.76 Å². The first-order valence-electron chi connectivity index (χ1n) is 5.33. The zero-order valence-corrected chi connectivity index (χ0v) is 9.53. The number of hydrogen-bond acceptors (Lipinski definition) is 4. The molecule has 17 heavy (non-hydrogen) atoms. The summed E-state index contributed by atoms with van der Waals surface area (Å²) in [6.45, 7) is 2.02. The summed E-state index contributed by atoms with van der Waals surface area (Å²) in [5.41, 5.74) is 4.19. The summed E-state index contributed by atoms with van der Waals surface area (Å²) >= 11 is 0. The van der Waals surface area contributed by atoms with Crippen molar-refractivity contribution in [2.45, 2.75) is 19.8 Å². The van der Waals surface area contributed by atoms with Gasteiger partial charge in [0, 0.05) is 0 Å². The van der Waals surface area contributed by atoms with Crippen LogP contribution in [-0.2, 0) is 14.3 Å². The number of amides is 1. The minimum Gasteiger partial charge on any atom is -0.465 e. The number of hydrogen-bond donors (Lipinski definition) is 2. The van der Waals surface area contributed by atoms with Gasteiger partial charge in [0.2, 0.25) is 5.76 Å². The number of carbonyl (C=O) groups is 1. The molecule has 1 aliphatic heterocycles. The molecule has 0 saturated carbocycles. The van der Waals surface area contributed by atoms with Gasteiger partial charge in [0.25, 0.3) is 0 Å². The van der Waals surface area contributed by atoms with Crippen LogP contribution in [0, 0.1) is 0 Å². The lowest BCUT2D eigenvalue weighted by molar-refractivity contribution is -0.120. The highest BCUT2D eigenvalue weighted by molar-refractivity contribution is 5.91. The van der Waals surface area contributed by atoms with Gasteiger partial charge in [0.15, 0.2) is 5.76 Å². The molecule has 0 saturated heterocycles. The molecule has 1 amide bonds. The van der Waals surface area contributed by atoms with Gasteiger partial charge in [-0.2, -0.15) is 0 Å². The highest BCUT2D eigenvalue weighted by Gasteiger charge is 2.20. The van der Waals surface area contributed by atoms with Crippen LogP contribution in [0.5, 0.6) is 0 Å². The molecule has 90 valence electrons. The maximum atomic E-state index is 11.3. The molecule has 5 nitrogen and oxygen atoms in total. The average Bonchev–Trinajstić information content (AvgIpc) is 2.38. The van der Waals surface area contributed by atoms with Crippen molar-refractivity contribution in [2.24, 2.45) is 5.84 Å². The molecule has 0 spiro atoms. The molecule has 0 unspecified atom stereocenters. The number of allylic oxidation sites excluding steroid dienone is 4. The van der Waals surface area contributed by atoms with Crippen molar-refractivity contribution in [1.29, 1.82) is 0 Å². The van der Waals surface area contributed by atoms with Gasteiger partial charge < -0.3 is 9.47 Å². The van der Waals surface area contributed by atoms with Crippen LogP contribution >= 0.6 is 0 Å². The van der Waals surface area contributed by atoms with E-state index in [0.717, 1.165) is 18.4 Å². The van der Waals surface area contributed by atoms with Gasteiger partial charge in [-0.05, 0) is 25.3 Å². The molecule has 0 radical (unpaired) electrons. The minimum absolute atomic E-state index is 0.0538. The Balaban J connectivity index is 2.12. The first kappa shape index (κ1) is 11.5. The second-order valence-corrected chi connectivity index (χ2v) is 3.83. The number of rotatable bonds is 2. The summed E-state index contributed by atoms with van der Waals surface area (Å²) in [7, 11) is 0. The highest BCUT2D eigenvalue weighted by Crippen LogP contribution is 2.27. The van der Waals surface area contributed by atoms with Gasteiger partial charge in [-0.1, -0.05) is 17.7 Å². The lowest BCUT2D eigenvalue weighted by Gasteiger charge is -2.19. The van der Waals surface area contributed by atoms with Gasteiger partial charge in [-0.25, -0.2) is 5.84 Å². The maximum absolute atomic E-state index is 11.3. The molecule has 2 rings (SSSR count). The fraction of sp³-hybridized carbons (Fsp3) is 0.250. The van der Waals surface area contributed by atoms with E-state index in [2.05, 4.69) is 6.08 Å². The van der Waals surface area contributed by atoms with E-state index in [9.17, 15) is 4.79 Å². The normalized spacial score (nSPS) is 18.9. The fourth-order valence-electron chi connectivity index (χ4n) is 1.69. The molecule has 5 heteroatoms. The van der Waals surface area contributed by atoms with Crippen LogP contribution in [0.4, 0.5) is 0 Å². The van der Waals surface area contributed by atoms with Gasteiger partial charge in [-0.15, -0.1) is 0 Å². The predicted octanol–water partition coefficient (Wildman–Crippen LogP) is 1.37. The number of ether oxygens (including phenoxy) is 2. The molecule has 3 N–H and O–H groups in total. The molecule has 2 aliphatic rings. The Morgan fingerprint density at radius 3 is 3.00 bits per heavy atom. The van der Waals surface area contributed by atoms with Gasteiger partial charge in [0.1, 0.15) is 12.5 Å². The third-order valence-corrected chi connectivity index (χ3v) is 2.52. The summed E-state index contributed by atoms with van der Waals surface area (Å²) in [6.07, 6.45) is 8.69. The number of nitrogens with two attached hydrogens (primary N) is 1. The van der Waals surface area contributed by atoms with E-state index in [1.807, 2.05) is 18.4 Å². The Hall–Kier alpha value is -2.01. The van der Waals surface area contributed by atoms with Crippen LogP contribution in [0.1, 0.15) is 19.8 Å². The summed E-state index contributed by atoms with van der Waals surface area (Å²) in [6, 6.07) is 0. The van der Waals surface area contributed by atoms with E-state index in [4.69, 9.17) is 15.3 Å². The van der Waals surface area contributed by atoms with Crippen LogP contribution in [0.2, 0.25) is 0 Å². The van der Waals surface area contributed by atoms with Crippen molar-refractivity contribution >= 4 is 5.91 Å². The topological polar surface area (TPSA) is 73.6 Å². The molecular formula is C12H14N2O3. The number of nitrogens with one attached hydrogen (secondary N) is 1. The summed E-state index contributed by atoms with van der Waals surface area (Å²) in [5, 5.41) is 0. The standard InChI is InChI=1S/C12H14N2O3/c1-8-3-2-4-9(5-8)10-6-16-7-11(17-10)12(15)14-13/h3,5-7H,2,4,13H2,1H3,(H,14,15). The molecule has 0 bridgehead atoms. The number of carbonyl (C=O) groups excluding carboxylic acids is 1. The summed E-state index contributed by atoms with van der Waals surface area (Å²) in [5.74, 6) is 5.12. The molecule has 1 aliphatic carbocycles. The minimum atomic E-state index is -0.515. The maximum Gasteiger partial charge on any atom is 0.304 e. The molecule has 0 fully saturated rings. The third-order valence-electron chi connectivity index (χ3n) is 2.52. The second kappa shape index (κ2) is 4.88. The van der Waals surface area contributed by atoms with E-state index < -0.39 is 5.91 Å². The van der Waals surface area contributed by atoms with Crippen LogP contribution in [0.3, 0.4) is 0 Å².